The van der Waals surface area contributed by atoms with Crippen LogP contribution in [0.3, 0.4) is 0 Å². The highest BCUT2D eigenvalue weighted by atomic mass is 16.5. The van der Waals surface area contributed by atoms with Crippen LogP contribution in [0.2, 0.25) is 0 Å². The Bertz CT molecular complexity index is 636. The number of imidazole rings is 1. The lowest BCUT2D eigenvalue weighted by atomic mass is 10.1. The molecule has 0 saturated carbocycles. The molecule has 2 rings (SSSR count). The van der Waals surface area contributed by atoms with Gasteiger partial charge >= 0.3 is 6.01 Å². The van der Waals surface area contributed by atoms with Crippen molar-refractivity contribution in [3.8, 4) is 6.01 Å². The standard InChI is InChI=1S/C11H16N4O3/c1-11(2,17)5-15-6-12-8-7(15)9(16)14(3)10(13-8)18-4/h6,17H,5H2,1-4H3. The number of hydrogen-bond donors (Lipinski definition) is 1. The molecular weight excluding hydrogens is 236 g/mol. The van der Waals surface area contributed by atoms with Gasteiger partial charge in [0.2, 0.25) is 0 Å². The van der Waals surface area contributed by atoms with Crippen LogP contribution in [0.5, 0.6) is 6.01 Å². The molecule has 0 aromatic carbocycles. The monoisotopic (exact) mass is 252 g/mol. The van der Waals surface area contributed by atoms with E-state index in [0.717, 1.165) is 0 Å². The van der Waals surface area contributed by atoms with Gasteiger partial charge in [0.25, 0.3) is 5.56 Å². The predicted molar refractivity (Wildman–Crippen MR) is 65.6 cm³/mol. The van der Waals surface area contributed by atoms with Crippen LogP contribution in [0.4, 0.5) is 0 Å². The van der Waals surface area contributed by atoms with Crippen LogP contribution in [0.25, 0.3) is 11.2 Å². The van der Waals surface area contributed by atoms with Gasteiger partial charge in [0.05, 0.1) is 25.6 Å². The topological polar surface area (TPSA) is 82.2 Å². The van der Waals surface area contributed by atoms with Crippen LogP contribution in [0.1, 0.15) is 13.8 Å². The van der Waals surface area contributed by atoms with Gasteiger partial charge in [-0.15, -0.1) is 0 Å². The Kier molecular flexibility index (Phi) is 2.86. The van der Waals surface area contributed by atoms with E-state index in [9.17, 15) is 9.90 Å². The average molecular weight is 252 g/mol. The average Bonchev–Trinajstić information content (AvgIpc) is 2.64. The summed E-state index contributed by atoms with van der Waals surface area (Å²) < 4.78 is 7.91. The lowest BCUT2D eigenvalue weighted by molar-refractivity contribution is 0.0626. The summed E-state index contributed by atoms with van der Waals surface area (Å²) >= 11 is 0. The lowest BCUT2D eigenvalue weighted by Gasteiger charge is -2.17. The van der Waals surface area contributed by atoms with Crippen LogP contribution >= 0.6 is 0 Å². The molecule has 0 spiro atoms. The molecule has 0 radical (unpaired) electrons. The van der Waals surface area contributed by atoms with Gasteiger partial charge in [0.1, 0.15) is 0 Å². The largest absolute Gasteiger partial charge is 0.468 e. The third kappa shape index (κ3) is 2.08. The third-order valence-electron chi connectivity index (χ3n) is 2.55. The van der Waals surface area contributed by atoms with E-state index in [1.807, 2.05) is 0 Å². The maximum Gasteiger partial charge on any atom is 0.300 e. The molecule has 0 aliphatic carbocycles. The van der Waals surface area contributed by atoms with Crippen molar-refractivity contribution in [2.45, 2.75) is 26.0 Å². The van der Waals surface area contributed by atoms with Crippen LogP contribution in [0.15, 0.2) is 11.1 Å². The van der Waals surface area contributed by atoms with Crippen molar-refractivity contribution in [3.05, 3.63) is 16.7 Å². The quantitative estimate of drug-likeness (QED) is 0.825. The maximum absolute atomic E-state index is 12.2. The van der Waals surface area contributed by atoms with Gasteiger partial charge in [-0.25, -0.2) is 4.98 Å². The summed E-state index contributed by atoms with van der Waals surface area (Å²) in [5.74, 6) is 0. The fraction of sp³-hybridized carbons (Fsp3) is 0.545. The fourth-order valence-electron chi connectivity index (χ4n) is 1.80. The Morgan fingerprint density at radius 2 is 2.17 bits per heavy atom. The summed E-state index contributed by atoms with van der Waals surface area (Å²) in [6.45, 7) is 3.60. The van der Waals surface area contributed by atoms with E-state index in [4.69, 9.17) is 4.74 Å². The first-order chi connectivity index (χ1) is 8.33. The zero-order chi connectivity index (χ0) is 13.5. The normalized spacial score (nSPS) is 12.1. The van der Waals surface area contributed by atoms with Crippen molar-refractivity contribution in [2.24, 2.45) is 7.05 Å². The molecule has 0 unspecified atom stereocenters. The van der Waals surface area contributed by atoms with E-state index in [1.165, 1.54) is 18.0 Å². The molecule has 0 saturated heterocycles. The molecule has 98 valence electrons. The third-order valence-corrected chi connectivity index (χ3v) is 2.55. The van der Waals surface area contributed by atoms with Gasteiger partial charge < -0.3 is 14.4 Å². The number of nitrogens with zero attached hydrogens (tertiary/aromatic N) is 4. The van der Waals surface area contributed by atoms with Crippen LogP contribution < -0.4 is 10.3 Å². The lowest BCUT2D eigenvalue weighted by Crippen LogP contribution is -2.28. The minimum absolute atomic E-state index is 0.209. The van der Waals surface area contributed by atoms with Crippen molar-refractivity contribution in [2.75, 3.05) is 7.11 Å². The van der Waals surface area contributed by atoms with E-state index in [0.29, 0.717) is 11.2 Å². The zero-order valence-corrected chi connectivity index (χ0v) is 10.8. The summed E-state index contributed by atoms with van der Waals surface area (Å²) in [5.41, 5.74) is -0.503. The van der Waals surface area contributed by atoms with E-state index < -0.39 is 5.60 Å². The van der Waals surface area contributed by atoms with Gasteiger partial charge in [0.15, 0.2) is 11.2 Å². The van der Waals surface area contributed by atoms with Crippen molar-refractivity contribution >= 4 is 11.2 Å². The first kappa shape index (κ1) is 12.6. The molecule has 7 heteroatoms. The highest BCUT2D eigenvalue weighted by Gasteiger charge is 2.19. The minimum atomic E-state index is -0.932. The highest BCUT2D eigenvalue weighted by molar-refractivity contribution is 5.70. The molecule has 0 amide bonds. The van der Waals surface area contributed by atoms with Crippen LogP contribution in [-0.4, -0.2) is 36.9 Å². The molecular formula is C11H16N4O3. The van der Waals surface area contributed by atoms with E-state index >= 15 is 0 Å². The first-order valence-corrected chi connectivity index (χ1v) is 5.52. The molecule has 7 nitrogen and oxygen atoms in total. The highest BCUT2D eigenvalue weighted by Crippen LogP contribution is 2.13. The summed E-state index contributed by atoms with van der Waals surface area (Å²) in [5, 5.41) is 9.81. The zero-order valence-electron chi connectivity index (χ0n) is 10.8. The van der Waals surface area contributed by atoms with Crippen molar-refractivity contribution in [1.82, 2.24) is 19.1 Å². The molecule has 0 aliphatic rings. The Morgan fingerprint density at radius 1 is 1.50 bits per heavy atom. The van der Waals surface area contributed by atoms with Gasteiger partial charge in [-0.3, -0.25) is 9.36 Å². The number of ether oxygens (including phenoxy) is 1. The molecule has 0 atom stereocenters. The van der Waals surface area contributed by atoms with Gasteiger partial charge in [0, 0.05) is 7.05 Å². The smallest absolute Gasteiger partial charge is 0.300 e. The van der Waals surface area contributed by atoms with E-state index in [2.05, 4.69) is 9.97 Å². The SMILES string of the molecule is COc1nc2ncn(CC(C)(C)O)c2c(=O)n1C. The van der Waals surface area contributed by atoms with E-state index in [-0.39, 0.29) is 18.1 Å². The second-order valence-electron chi connectivity index (χ2n) is 4.82. The molecule has 0 fully saturated rings. The van der Waals surface area contributed by atoms with Crippen molar-refractivity contribution in [3.63, 3.8) is 0 Å². The molecule has 2 aromatic heterocycles. The fourth-order valence-corrected chi connectivity index (χ4v) is 1.80. The number of methoxy groups -OCH3 is 1. The Hall–Kier alpha value is -1.89. The number of aliphatic hydroxyl groups is 1. The second-order valence-corrected chi connectivity index (χ2v) is 4.82. The Labute approximate surface area is 104 Å². The first-order valence-electron chi connectivity index (χ1n) is 5.52. The molecule has 2 aromatic rings. The molecule has 0 bridgehead atoms. The summed E-state index contributed by atoms with van der Waals surface area (Å²) in [7, 11) is 3.02. The van der Waals surface area contributed by atoms with Gasteiger partial charge in [-0.1, -0.05) is 0 Å². The number of fused-ring (bicyclic) bond motifs is 1. The van der Waals surface area contributed by atoms with Crippen LogP contribution in [0, 0.1) is 0 Å². The number of hydrogen-bond acceptors (Lipinski definition) is 5. The Balaban J connectivity index is 2.67. The van der Waals surface area contributed by atoms with Gasteiger partial charge in [-0.2, -0.15) is 4.98 Å². The van der Waals surface area contributed by atoms with Gasteiger partial charge in [-0.05, 0) is 13.8 Å². The number of rotatable bonds is 3. The summed E-state index contributed by atoms with van der Waals surface area (Å²) in [4.78, 5) is 20.4. The summed E-state index contributed by atoms with van der Waals surface area (Å²) in [6, 6.07) is 0.209. The molecule has 18 heavy (non-hydrogen) atoms. The molecule has 0 aliphatic heterocycles. The minimum Gasteiger partial charge on any atom is -0.468 e. The predicted octanol–water partition coefficient (Wildman–Crippen LogP) is -0.0905. The number of aromatic nitrogens is 4. The van der Waals surface area contributed by atoms with Crippen LogP contribution in [-0.2, 0) is 13.6 Å². The molecule has 2 heterocycles. The Morgan fingerprint density at radius 3 is 2.72 bits per heavy atom. The second kappa shape index (κ2) is 4.09. The van der Waals surface area contributed by atoms with Crippen molar-refractivity contribution in [1.29, 1.82) is 0 Å². The van der Waals surface area contributed by atoms with E-state index in [1.54, 1.807) is 25.5 Å². The summed E-state index contributed by atoms with van der Waals surface area (Å²) in [6.07, 6.45) is 1.50. The van der Waals surface area contributed by atoms with Crippen molar-refractivity contribution < 1.29 is 9.84 Å². The maximum atomic E-state index is 12.2. The molecule has 1 N–H and O–H groups in total.